The van der Waals surface area contributed by atoms with Crippen LogP contribution in [0.1, 0.15) is 24.4 Å². The van der Waals surface area contributed by atoms with Crippen molar-refractivity contribution in [2.45, 2.75) is 18.9 Å². The molecule has 2 fully saturated rings. The molecule has 138 valence electrons. The molecular formula is C17H25N3O5. The molecule has 2 aliphatic heterocycles. The fourth-order valence-corrected chi connectivity index (χ4v) is 3.84. The summed E-state index contributed by atoms with van der Waals surface area (Å²) in [6.07, 6.45) is 1.75. The highest BCUT2D eigenvalue weighted by atomic mass is 16.6. The normalized spacial score (nSPS) is 21.0. The Morgan fingerprint density at radius 2 is 2.04 bits per heavy atom. The van der Waals surface area contributed by atoms with Crippen LogP contribution >= 0.6 is 0 Å². The number of nitrogens with zero attached hydrogens (tertiary/aromatic N) is 2. The Morgan fingerprint density at radius 1 is 1.36 bits per heavy atom. The van der Waals surface area contributed by atoms with Crippen molar-refractivity contribution in [3.8, 4) is 11.5 Å². The summed E-state index contributed by atoms with van der Waals surface area (Å²) in [5.41, 5.74) is 0.525. The molecule has 0 bridgehead atoms. The number of phenolic OH excluding ortho intramolecular Hbond substituents is 1. The Hall–Kier alpha value is -1.90. The van der Waals surface area contributed by atoms with Gasteiger partial charge in [0, 0.05) is 57.1 Å². The van der Waals surface area contributed by atoms with E-state index in [1.54, 1.807) is 0 Å². The van der Waals surface area contributed by atoms with Gasteiger partial charge < -0.3 is 19.9 Å². The van der Waals surface area contributed by atoms with Crippen molar-refractivity contribution >= 4 is 5.69 Å². The van der Waals surface area contributed by atoms with Crippen molar-refractivity contribution in [3.63, 3.8) is 0 Å². The van der Waals surface area contributed by atoms with E-state index in [1.165, 1.54) is 19.2 Å². The highest BCUT2D eigenvalue weighted by Gasteiger charge is 2.35. The predicted octanol–water partition coefficient (Wildman–Crippen LogP) is 1.68. The molecule has 8 heteroatoms. The number of hydrogen-bond acceptors (Lipinski definition) is 7. The number of nitro groups is 1. The van der Waals surface area contributed by atoms with Gasteiger partial charge in [-0.2, -0.15) is 0 Å². The highest BCUT2D eigenvalue weighted by Crippen LogP contribution is 2.44. The van der Waals surface area contributed by atoms with Gasteiger partial charge in [0.2, 0.25) is 0 Å². The first-order chi connectivity index (χ1) is 12.1. The number of rotatable bonds is 5. The summed E-state index contributed by atoms with van der Waals surface area (Å²) in [5, 5.41) is 25.4. The molecule has 1 aromatic carbocycles. The lowest BCUT2D eigenvalue weighted by Gasteiger charge is -2.41. The maximum Gasteiger partial charge on any atom is 0.273 e. The molecule has 2 heterocycles. The smallest absolute Gasteiger partial charge is 0.273 e. The molecule has 0 unspecified atom stereocenters. The summed E-state index contributed by atoms with van der Waals surface area (Å²) in [4.78, 5) is 13.2. The molecule has 1 atom stereocenters. The van der Waals surface area contributed by atoms with E-state index in [2.05, 4.69) is 10.2 Å². The first-order valence-electron chi connectivity index (χ1n) is 8.69. The van der Waals surface area contributed by atoms with Crippen LogP contribution in [0, 0.1) is 16.0 Å². The molecule has 0 saturated carbocycles. The molecular weight excluding hydrogens is 326 g/mol. The first-order valence-corrected chi connectivity index (χ1v) is 8.69. The van der Waals surface area contributed by atoms with Crippen molar-refractivity contribution in [3.05, 3.63) is 27.8 Å². The number of non-ortho nitro benzene ring substituents is 1. The third kappa shape index (κ3) is 3.86. The summed E-state index contributed by atoms with van der Waals surface area (Å²) in [5.74, 6) is 0.434. The van der Waals surface area contributed by atoms with Crippen LogP contribution in [0.25, 0.3) is 0 Å². The van der Waals surface area contributed by atoms with Crippen LogP contribution in [-0.4, -0.2) is 61.4 Å². The zero-order chi connectivity index (χ0) is 17.8. The monoisotopic (exact) mass is 351 g/mol. The Bertz CT molecular complexity index is 595. The second-order valence-corrected chi connectivity index (χ2v) is 6.52. The second-order valence-electron chi connectivity index (χ2n) is 6.52. The van der Waals surface area contributed by atoms with Gasteiger partial charge in [0.15, 0.2) is 11.5 Å². The number of benzene rings is 1. The fourth-order valence-electron chi connectivity index (χ4n) is 3.84. The number of ether oxygens (including phenoxy) is 2. The van der Waals surface area contributed by atoms with Crippen molar-refractivity contribution in [1.29, 1.82) is 0 Å². The van der Waals surface area contributed by atoms with Crippen molar-refractivity contribution < 1.29 is 19.5 Å². The van der Waals surface area contributed by atoms with E-state index in [9.17, 15) is 15.2 Å². The average molecular weight is 351 g/mol. The molecule has 25 heavy (non-hydrogen) atoms. The molecule has 0 amide bonds. The van der Waals surface area contributed by atoms with E-state index >= 15 is 0 Å². The fraction of sp³-hybridized carbons (Fsp3) is 0.647. The summed E-state index contributed by atoms with van der Waals surface area (Å²) in [6.45, 7) is 4.78. The van der Waals surface area contributed by atoms with Gasteiger partial charge in [0.1, 0.15) is 0 Å². The van der Waals surface area contributed by atoms with Gasteiger partial charge in [-0.05, 0) is 18.8 Å². The number of phenols is 1. The minimum Gasteiger partial charge on any atom is -0.504 e. The molecule has 2 N–H and O–H groups in total. The van der Waals surface area contributed by atoms with Crippen molar-refractivity contribution in [2.75, 3.05) is 46.5 Å². The molecule has 3 rings (SSSR count). The summed E-state index contributed by atoms with van der Waals surface area (Å²) < 4.78 is 10.7. The van der Waals surface area contributed by atoms with Gasteiger partial charge in [0.05, 0.1) is 18.1 Å². The summed E-state index contributed by atoms with van der Waals surface area (Å²) in [6, 6.07) is 2.69. The lowest BCUT2D eigenvalue weighted by molar-refractivity contribution is -0.385. The van der Waals surface area contributed by atoms with Crippen molar-refractivity contribution in [2.24, 2.45) is 5.92 Å². The number of aromatic hydroxyl groups is 1. The largest absolute Gasteiger partial charge is 0.504 e. The number of methoxy groups -OCH3 is 1. The van der Waals surface area contributed by atoms with Crippen LogP contribution in [0.2, 0.25) is 0 Å². The zero-order valence-electron chi connectivity index (χ0n) is 14.4. The minimum atomic E-state index is -0.440. The maximum absolute atomic E-state index is 11.3. The van der Waals surface area contributed by atoms with Gasteiger partial charge in [-0.25, -0.2) is 0 Å². The molecule has 1 aromatic rings. The van der Waals surface area contributed by atoms with E-state index in [0.717, 1.165) is 39.0 Å². The van der Waals surface area contributed by atoms with Crippen LogP contribution in [0.5, 0.6) is 11.5 Å². The molecule has 2 aliphatic rings. The highest BCUT2D eigenvalue weighted by molar-refractivity contribution is 5.55. The topological polar surface area (TPSA) is 97.1 Å². The van der Waals surface area contributed by atoms with E-state index in [1.807, 2.05) is 0 Å². The van der Waals surface area contributed by atoms with E-state index < -0.39 is 4.92 Å². The van der Waals surface area contributed by atoms with E-state index in [0.29, 0.717) is 18.8 Å². The van der Waals surface area contributed by atoms with Gasteiger partial charge in [0.25, 0.3) is 5.69 Å². The summed E-state index contributed by atoms with van der Waals surface area (Å²) in [7, 11) is 1.41. The zero-order valence-corrected chi connectivity index (χ0v) is 14.4. The first kappa shape index (κ1) is 17.9. The lowest BCUT2D eigenvalue weighted by Crippen LogP contribution is -2.47. The standard InChI is InChI=1S/C17H25N3O5/c1-24-15-11-13(20(22)23)10-14(17(15)21)16(12-2-8-25-9-3-12)19-6-4-18-5-7-19/h10-12,16,18,21H,2-9H2,1H3/t16-/m1/s1. The van der Waals surface area contributed by atoms with Gasteiger partial charge in [-0.3, -0.25) is 15.0 Å². The Labute approximate surface area is 146 Å². The number of piperazine rings is 1. The third-order valence-corrected chi connectivity index (χ3v) is 5.10. The minimum absolute atomic E-state index is 0.00289. The Balaban J connectivity index is 2.04. The number of nitrogens with one attached hydrogen (secondary N) is 1. The van der Waals surface area contributed by atoms with Crippen LogP contribution in [0.3, 0.4) is 0 Å². The number of hydrogen-bond donors (Lipinski definition) is 2. The van der Waals surface area contributed by atoms with Gasteiger partial charge in [-0.15, -0.1) is 0 Å². The SMILES string of the molecule is COc1cc([N+](=O)[O-])cc([C@@H](C2CCOCC2)N2CCNCC2)c1O. The summed E-state index contributed by atoms with van der Waals surface area (Å²) >= 11 is 0. The quantitative estimate of drug-likeness (QED) is 0.615. The predicted molar refractivity (Wildman–Crippen MR) is 92.0 cm³/mol. The molecule has 8 nitrogen and oxygen atoms in total. The number of nitro benzene ring substituents is 1. The average Bonchev–Trinajstić information content (AvgIpc) is 2.65. The molecule has 0 spiro atoms. The molecule has 0 aromatic heterocycles. The van der Waals surface area contributed by atoms with Crippen molar-refractivity contribution in [1.82, 2.24) is 10.2 Å². The molecule has 0 aliphatic carbocycles. The Kier molecular flexibility index (Phi) is 5.72. The second kappa shape index (κ2) is 7.99. The molecule has 2 saturated heterocycles. The van der Waals surface area contributed by atoms with E-state index in [-0.39, 0.29) is 29.1 Å². The van der Waals surface area contributed by atoms with Gasteiger partial charge in [-0.1, -0.05) is 0 Å². The van der Waals surface area contributed by atoms with Gasteiger partial charge >= 0.3 is 0 Å². The van der Waals surface area contributed by atoms with Crippen LogP contribution < -0.4 is 10.1 Å². The van der Waals surface area contributed by atoms with Crippen LogP contribution in [0.15, 0.2) is 12.1 Å². The third-order valence-electron chi connectivity index (χ3n) is 5.10. The van der Waals surface area contributed by atoms with E-state index in [4.69, 9.17) is 9.47 Å². The molecule has 0 radical (unpaired) electrons. The van der Waals surface area contributed by atoms with Crippen LogP contribution in [-0.2, 0) is 4.74 Å². The maximum atomic E-state index is 11.3. The lowest BCUT2D eigenvalue weighted by atomic mass is 9.84. The Morgan fingerprint density at radius 3 is 2.64 bits per heavy atom. The van der Waals surface area contributed by atoms with Crippen LogP contribution in [0.4, 0.5) is 5.69 Å².